The highest BCUT2D eigenvalue weighted by molar-refractivity contribution is 5.95. The predicted octanol–water partition coefficient (Wildman–Crippen LogP) is 3.35. The van der Waals surface area contributed by atoms with E-state index >= 15 is 0 Å². The fraction of sp³-hybridized carbons (Fsp3) is 0.364. The van der Waals surface area contributed by atoms with E-state index in [1.54, 1.807) is 31.4 Å². The van der Waals surface area contributed by atoms with E-state index < -0.39 is 0 Å². The zero-order valence-electron chi connectivity index (χ0n) is 16.1. The van der Waals surface area contributed by atoms with Crippen molar-refractivity contribution in [1.82, 2.24) is 10.2 Å². The lowest BCUT2D eigenvalue weighted by Gasteiger charge is -2.32. The maximum Gasteiger partial charge on any atom is 0.253 e. The number of nitrogens with one attached hydrogen (secondary N) is 1. The van der Waals surface area contributed by atoms with Gasteiger partial charge in [-0.05, 0) is 74.2 Å². The Morgan fingerprint density at radius 1 is 0.963 bits per heavy atom. The molecule has 0 radical (unpaired) electrons. The van der Waals surface area contributed by atoms with Crippen molar-refractivity contribution in [3.8, 4) is 5.75 Å². The molecule has 1 saturated heterocycles. The average Bonchev–Trinajstić information content (AvgIpc) is 2.70. The number of aryl methyl sites for hydroxylation is 2. The Morgan fingerprint density at radius 2 is 1.59 bits per heavy atom. The zero-order chi connectivity index (χ0) is 19.4. The molecular weight excluding hydrogens is 340 g/mol. The molecule has 0 bridgehead atoms. The summed E-state index contributed by atoms with van der Waals surface area (Å²) < 4.78 is 5.13. The summed E-state index contributed by atoms with van der Waals surface area (Å²) in [5.74, 6) is 0.717. The van der Waals surface area contributed by atoms with Gasteiger partial charge in [-0.1, -0.05) is 6.07 Å². The topological polar surface area (TPSA) is 58.6 Å². The standard InChI is InChI=1S/C22H26N2O3/c1-15-4-5-18(14-16(15)2)21(25)23-19-10-12-24(13-11-19)22(26)17-6-8-20(27-3)9-7-17/h4-9,14,19H,10-13H2,1-3H3,(H,23,25). The molecule has 3 rings (SSSR count). The minimum absolute atomic E-state index is 0.0246. The average molecular weight is 366 g/mol. The zero-order valence-corrected chi connectivity index (χ0v) is 16.1. The van der Waals surface area contributed by atoms with Crippen LogP contribution < -0.4 is 10.1 Å². The summed E-state index contributed by atoms with van der Waals surface area (Å²) in [6.07, 6.45) is 1.52. The number of hydrogen-bond acceptors (Lipinski definition) is 3. The van der Waals surface area contributed by atoms with Gasteiger partial charge in [0.15, 0.2) is 0 Å². The summed E-state index contributed by atoms with van der Waals surface area (Å²) in [4.78, 5) is 26.9. The summed E-state index contributed by atoms with van der Waals surface area (Å²) in [6, 6.07) is 13.0. The third-order valence-electron chi connectivity index (χ3n) is 5.22. The summed E-state index contributed by atoms with van der Waals surface area (Å²) in [5.41, 5.74) is 3.64. The van der Waals surface area contributed by atoms with Crippen molar-refractivity contribution in [3.63, 3.8) is 0 Å². The molecule has 0 aromatic heterocycles. The lowest BCUT2D eigenvalue weighted by Crippen LogP contribution is -2.46. The second-order valence-corrected chi connectivity index (χ2v) is 7.07. The molecule has 1 fully saturated rings. The number of carbonyl (C=O) groups is 2. The molecule has 0 spiro atoms. The van der Waals surface area contributed by atoms with E-state index in [-0.39, 0.29) is 17.9 Å². The Morgan fingerprint density at radius 3 is 2.19 bits per heavy atom. The molecule has 27 heavy (non-hydrogen) atoms. The number of ether oxygens (including phenoxy) is 1. The monoisotopic (exact) mass is 366 g/mol. The molecule has 5 nitrogen and oxygen atoms in total. The van der Waals surface area contributed by atoms with Gasteiger partial charge in [0.05, 0.1) is 7.11 Å². The highest BCUT2D eigenvalue weighted by atomic mass is 16.5. The summed E-state index contributed by atoms with van der Waals surface area (Å²) in [7, 11) is 1.60. The van der Waals surface area contributed by atoms with Crippen LogP contribution in [0.3, 0.4) is 0 Å². The maximum atomic E-state index is 12.6. The molecule has 2 aromatic rings. The first-order valence-corrected chi connectivity index (χ1v) is 9.29. The van der Waals surface area contributed by atoms with Crippen LogP contribution in [0.4, 0.5) is 0 Å². The molecule has 0 saturated carbocycles. The van der Waals surface area contributed by atoms with Gasteiger partial charge < -0.3 is 15.0 Å². The van der Waals surface area contributed by atoms with Crippen molar-refractivity contribution >= 4 is 11.8 Å². The van der Waals surface area contributed by atoms with E-state index in [9.17, 15) is 9.59 Å². The van der Waals surface area contributed by atoms with Gasteiger partial charge in [0.1, 0.15) is 5.75 Å². The molecule has 2 amide bonds. The van der Waals surface area contributed by atoms with Crippen molar-refractivity contribution in [1.29, 1.82) is 0 Å². The van der Waals surface area contributed by atoms with Crippen molar-refractivity contribution in [2.75, 3.05) is 20.2 Å². The van der Waals surface area contributed by atoms with Crippen LogP contribution in [0.25, 0.3) is 0 Å². The van der Waals surface area contributed by atoms with Crippen molar-refractivity contribution in [3.05, 3.63) is 64.7 Å². The van der Waals surface area contributed by atoms with E-state index in [2.05, 4.69) is 5.32 Å². The lowest BCUT2D eigenvalue weighted by molar-refractivity contribution is 0.0698. The van der Waals surface area contributed by atoms with Crippen LogP contribution in [-0.2, 0) is 0 Å². The van der Waals surface area contributed by atoms with Crippen molar-refractivity contribution < 1.29 is 14.3 Å². The molecule has 2 aromatic carbocycles. The largest absolute Gasteiger partial charge is 0.497 e. The molecule has 0 aliphatic carbocycles. The SMILES string of the molecule is COc1ccc(C(=O)N2CCC(NC(=O)c3ccc(C)c(C)c3)CC2)cc1. The summed E-state index contributed by atoms with van der Waals surface area (Å²) in [6.45, 7) is 5.33. The quantitative estimate of drug-likeness (QED) is 0.903. The third-order valence-corrected chi connectivity index (χ3v) is 5.22. The van der Waals surface area contributed by atoms with E-state index in [0.29, 0.717) is 24.2 Å². The second-order valence-electron chi connectivity index (χ2n) is 7.07. The van der Waals surface area contributed by atoms with Gasteiger partial charge in [-0.2, -0.15) is 0 Å². The van der Waals surface area contributed by atoms with Gasteiger partial charge in [0, 0.05) is 30.3 Å². The minimum atomic E-state index is -0.0435. The molecule has 0 unspecified atom stereocenters. The van der Waals surface area contributed by atoms with Crippen LogP contribution in [0.5, 0.6) is 5.75 Å². The number of benzene rings is 2. The van der Waals surface area contributed by atoms with Gasteiger partial charge >= 0.3 is 0 Å². The van der Waals surface area contributed by atoms with Crippen molar-refractivity contribution in [2.24, 2.45) is 0 Å². The Bertz CT molecular complexity index is 822. The van der Waals surface area contributed by atoms with Gasteiger partial charge in [-0.15, -0.1) is 0 Å². The molecule has 1 aliphatic rings. The molecule has 0 atom stereocenters. The van der Waals surface area contributed by atoms with E-state index in [1.807, 2.05) is 36.9 Å². The third kappa shape index (κ3) is 4.48. The van der Waals surface area contributed by atoms with E-state index in [1.165, 1.54) is 5.56 Å². The normalized spacial score (nSPS) is 14.7. The molecule has 5 heteroatoms. The second kappa shape index (κ2) is 8.25. The van der Waals surface area contributed by atoms with Crippen LogP contribution in [0, 0.1) is 13.8 Å². The minimum Gasteiger partial charge on any atom is -0.497 e. The highest BCUT2D eigenvalue weighted by Gasteiger charge is 2.25. The number of rotatable bonds is 4. The number of hydrogen-bond donors (Lipinski definition) is 1. The summed E-state index contributed by atoms with van der Waals surface area (Å²) >= 11 is 0. The highest BCUT2D eigenvalue weighted by Crippen LogP contribution is 2.17. The number of carbonyl (C=O) groups excluding carboxylic acids is 2. The molecule has 142 valence electrons. The Balaban J connectivity index is 1.54. The Labute approximate surface area is 160 Å². The molecule has 1 heterocycles. The first-order chi connectivity index (χ1) is 13.0. The molecule has 1 aliphatic heterocycles. The van der Waals surface area contributed by atoms with Crippen LogP contribution in [-0.4, -0.2) is 43.0 Å². The van der Waals surface area contributed by atoms with Gasteiger partial charge in [-0.3, -0.25) is 9.59 Å². The van der Waals surface area contributed by atoms with E-state index in [4.69, 9.17) is 4.74 Å². The van der Waals surface area contributed by atoms with Gasteiger partial charge in [0.2, 0.25) is 0 Å². The smallest absolute Gasteiger partial charge is 0.253 e. The van der Waals surface area contributed by atoms with Crippen LogP contribution in [0.15, 0.2) is 42.5 Å². The van der Waals surface area contributed by atoms with Gasteiger partial charge in [0.25, 0.3) is 11.8 Å². The number of methoxy groups -OCH3 is 1. The Kier molecular flexibility index (Phi) is 5.79. The molecular formula is C22H26N2O3. The van der Waals surface area contributed by atoms with Crippen LogP contribution in [0.2, 0.25) is 0 Å². The first kappa shape index (κ1) is 19.0. The van der Waals surface area contributed by atoms with Crippen LogP contribution in [0.1, 0.15) is 44.7 Å². The first-order valence-electron chi connectivity index (χ1n) is 9.29. The van der Waals surface area contributed by atoms with Gasteiger partial charge in [-0.25, -0.2) is 0 Å². The Hall–Kier alpha value is -2.82. The number of piperidine rings is 1. The number of likely N-dealkylation sites (tertiary alicyclic amines) is 1. The number of amides is 2. The maximum absolute atomic E-state index is 12.6. The fourth-order valence-electron chi connectivity index (χ4n) is 3.29. The predicted molar refractivity (Wildman–Crippen MR) is 105 cm³/mol. The van der Waals surface area contributed by atoms with E-state index in [0.717, 1.165) is 24.2 Å². The molecule has 1 N–H and O–H groups in total. The summed E-state index contributed by atoms with van der Waals surface area (Å²) in [5, 5.41) is 3.10. The fourth-order valence-corrected chi connectivity index (χ4v) is 3.29. The van der Waals surface area contributed by atoms with Crippen LogP contribution >= 0.6 is 0 Å². The number of nitrogens with zero attached hydrogens (tertiary/aromatic N) is 1. The lowest BCUT2D eigenvalue weighted by atomic mass is 10.0. The van der Waals surface area contributed by atoms with Crippen molar-refractivity contribution in [2.45, 2.75) is 32.7 Å².